The molecule has 23 heavy (non-hydrogen) atoms. The summed E-state index contributed by atoms with van der Waals surface area (Å²) < 4.78 is 11.5. The first kappa shape index (κ1) is 20.3. The van der Waals surface area contributed by atoms with E-state index in [0.29, 0.717) is 24.0 Å². The lowest BCUT2D eigenvalue weighted by molar-refractivity contribution is 0.277. The van der Waals surface area contributed by atoms with Gasteiger partial charge in [-0.2, -0.15) is 0 Å². The smallest absolute Gasteiger partial charge is 0.191 e. The summed E-state index contributed by atoms with van der Waals surface area (Å²) in [5.74, 6) is 2.78. The van der Waals surface area contributed by atoms with Crippen LogP contribution in [0.3, 0.4) is 0 Å². The van der Waals surface area contributed by atoms with Crippen LogP contribution in [0.15, 0.2) is 21.6 Å². The SMILES string of the molecule is COc1cc(CN=C(N)N2CCC(C)CC2)cc(Br)c1OC.I. The molecule has 0 bridgehead atoms. The third-order valence-electron chi connectivity index (χ3n) is 4.02. The van der Waals surface area contributed by atoms with Gasteiger partial charge in [0.25, 0.3) is 0 Å². The molecule has 0 amide bonds. The molecule has 2 N–H and O–H groups in total. The first-order valence-electron chi connectivity index (χ1n) is 7.50. The van der Waals surface area contributed by atoms with E-state index in [1.807, 2.05) is 12.1 Å². The summed E-state index contributed by atoms with van der Waals surface area (Å²) in [5.41, 5.74) is 7.14. The molecule has 1 aromatic rings. The van der Waals surface area contributed by atoms with Crippen molar-refractivity contribution in [1.82, 2.24) is 4.90 Å². The van der Waals surface area contributed by atoms with Crippen LogP contribution in [0.5, 0.6) is 11.5 Å². The highest BCUT2D eigenvalue weighted by molar-refractivity contribution is 14.0. The van der Waals surface area contributed by atoms with Gasteiger partial charge in [-0.3, -0.25) is 0 Å². The van der Waals surface area contributed by atoms with E-state index in [-0.39, 0.29) is 24.0 Å². The predicted octanol–water partition coefficient (Wildman–Crippen LogP) is 3.63. The van der Waals surface area contributed by atoms with E-state index in [1.165, 1.54) is 12.8 Å². The first-order chi connectivity index (χ1) is 10.5. The number of piperidine rings is 1. The second kappa shape index (κ2) is 9.56. The van der Waals surface area contributed by atoms with Gasteiger partial charge in [-0.05, 0) is 52.4 Å². The number of guanidine groups is 1. The van der Waals surface area contributed by atoms with Crippen LogP contribution in [-0.2, 0) is 6.54 Å². The fourth-order valence-electron chi connectivity index (χ4n) is 2.57. The fraction of sp³-hybridized carbons (Fsp3) is 0.562. The quantitative estimate of drug-likeness (QED) is 0.392. The van der Waals surface area contributed by atoms with Crippen molar-refractivity contribution >= 4 is 45.9 Å². The Bertz CT molecular complexity index is 546. The summed E-state index contributed by atoms with van der Waals surface area (Å²) in [6.45, 7) is 4.79. The van der Waals surface area contributed by atoms with Gasteiger partial charge in [0.2, 0.25) is 0 Å². The standard InChI is InChI=1S/C16H24BrN3O2.HI/c1-11-4-6-20(7-5-11)16(18)19-10-12-8-13(17)15(22-3)14(9-12)21-2;/h8-9,11H,4-7,10H2,1-3H3,(H2,18,19);1H. The van der Waals surface area contributed by atoms with Crippen LogP contribution in [0.4, 0.5) is 0 Å². The first-order valence-corrected chi connectivity index (χ1v) is 8.29. The second-order valence-corrected chi connectivity index (χ2v) is 6.51. The molecule has 1 heterocycles. The van der Waals surface area contributed by atoms with Crippen LogP contribution in [0.25, 0.3) is 0 Å². The van der Waals surface area contributed by atoms with E-state index >= 15 is 0 Å². The van der Waals surface area contributed by atoms with Crippen molar-refractivity contribution < 1.29 is 9.47 Å². The van der Waals surface area contributed by atoms with Crippen molar-refractivity contribution in [2.24, 2.45) is 16.6 Å². The number of nitrogens with zero attached hydrogens (tertiary/aromatic N) is 2. The molecule has 1 fully saturated rings. The van der Waals surface area contributed by atoms with Gasteiger partial charge in [-0.25, -0.2) is 4.99 Å². The molecule has 1 saturated heterocycles. The average Bonchev–Trinajstić information content (AvgIpc) is 2.52. The van der Waals surface area contributed by atoms with E-state index in [9.17, 15) is 0 Å². The number of benzene rings is 1. The summed E-state index contributed by atoms with van der Waals surface area (Å²) in [5, 5.41) is 0. The molecule has 1 aromatic carbocycles. The Labute approximate surface area is 163 Å². The number of halogens is 2. The van der Waals surface area contributed by atoms with Crippen LogP contribution in [0.2, 0.25) is 0 Å². The van der Waals surface area contributed by atoms with Crippen LogP contribution in [-0.4, -0.2) is 38.2 Å². The summed E-state index contributed by atoms with van der Waals surface area (Å²) in [7, 11) is 3.25. The van der Waals surface area contributed by atoms with E-state index in [4.69, 9.17) is 15.2 Å². The molecule has 130 valence electrons. The van der Waals surface area contributed by atoms with Gasteiger partial charge >= 0.3 is 0 Å². The highest BCUT2D eigenvalue weighted by atomic mass is 127. The zero-order valence-corrected chi connectivity index (χ0v) is 17.8. The van der Waals surface area contributed by atoms with Gasteiger partial charge in [0.1, 0.15) is 0 Å². The molecule has 0 radical (unpaired) electrons. The van der Waals surface area contributed by atoms with Crippen LogP contribution < -0.4 is 15.2 Å². The molecule has 1 aliphatic rings. The number of hydrogen-bond donors (Lipinski definition) is 1. The minimum Gasteiger partial charge on any atom is -0.493 e. The third kappa shape index (κ3) is 5.41. The molecular formula is C16H25BrIN3O2. The zero-order chi connectivity index (χ0) is 16.1. The molecule has 7 heteroatoms. The molecule has 0 spiro atoms. The van der Waals surface area contributed by atoms with Gasteiger partial charge < -0.3 is 20.1 Å². The number of rotatable bonds is 4. The molecule has 2 rings (SSSR count). The molecule has 5 nitrogen and oxygen atoms in total. The second-order valence-electron chi connectivity index (χ2n) is 5.66. The summed E-state index contributed by atoms with van der Waals surface area (Å²) in [6, 6.07) is 3.91. The lowest BCUT2D eigenvalue weighted by Gasteiger charge is -2.31. The Kier molecular flexibility index (Phi) is 8.46. The average molecular weight is 498 g/mol. The summed E-state index contributed by atoms with van der Waals surface area (Å²) >= 11 is 3.49. The zero-order valence-electron chi connectivity index (χ0n) is 13.8. The summed E-state index contributed by atoms with van der Waals surface area (Å²) in [4.78, 5) is 6.68. The topological polar surface area (TPSA) is 60.1 Å². The molecular weight excluding hydrogens is 473 g/mol. The van der Waals surface area contributed by atoms with Gasteiger partial charge in [0, 0.05) is 13.1 Å². The fourth-order valence-corrected chi connectivity index (χ4v) is 3.22. The maximum Gasteiger partial charge on any atom is 0.191 e. The maximum atomic E-state index is 6.11. The van der Waals surface area contributed by atoms with Gasteiger partial charge in [0.05, 0.1) is 25.2 Å². The van der Waals surface area contributed by atoms with Crippen LogP contribution in [0, 0.1) is 5.92 Å². The predicted molar refractivity (Wildman–Crippen MR) is 108 cm³/mol. The Morgan fingerprint density at radius 3 is 2.52 bits per heavy atom. The molecule has 1 aliphatic heterocycles. The van der Waals surface area contributed by atoms with Crippen molar-refractivity contribution in [3.8, 4) is 11.5 Å². The molecule has 0 aliphatic carbocycles. The normalized spacial score (nSPS) is 16.0. The third-order valence-corrected chi connectivity index (χ3v) is 4.61. The van der Waals surface area contributed by atoms with Crippen molar-refractivity contribution in [3.63, 3.8) is 0 Å². The number of nitrogens with two attached hydrogens (primary N) is 1. The highest BCUT2D eigenvalue weighted by Gasteiger charge is 2.17. The lowest BCUT2D eigenvalue weighted by atomic mass is 10.00. The number of methoxy groups -OCH3 is 2. The molecule has 0 saturated carbocycles. The van der Waals surface area contributed by atoms with Crippen LogP contribution >= 0.6 is 39.9 Å². The van der Waals surface area contributed by atoms with Gasteiger partial charge in [-0.1, -0.05) is 6.92 Å². The van der Waals surface area contributed by atoms with Crippen molar-refractivity contribution in [1.29, 1.82) is 0 Å². The van der Waals surface area contributed by atoms with Gasteiger partial charge in [-0.15, -0.1) is 24.0 Å². The van der Waals surface area contributed by atoms with Crippen LogP contribution in [0.1, 0.15) is 25.3 Å². The van der Waals surface area contributed by atoms with E-state index in [1.54, 1.807) is 14.2 Å². The maximum absolute atomic E-state index is 6.11. The largest absolute Gasteiger partial charge is 0.493 e. The van der Waals surface area contributed by atoms with E-state index in [2.05, 4.69) is 32.7 Å². The highest BCUT2D eigenvalue weighted by Crippen LogP contribution is 2.36. The van der Waals surface area contributed by atoms with Gasteiger partial charge in [0.15, 0.2) is 17.5 Å². The number of hydrogen-bond acceptors (Lipinski definition) is 3. The Morgan fingerprint density at radius 2 is 1.96 bits per heavy atom. The number of likely N-dealkylation sites (tertiary alicyclic amines) is 1. The van der Waals surface area contributed by atoms with E-state index < -0.39 is 0 Å². The minimum atomic E-state index is 0. The Balaban J connectivity index is 0.00000264. The van der Waals surface area contributed by atoms with Crippen molar-refractivity contribution in [2.75, 3.05) is 27.3 Å². The summed E-state index contributed by atoms with van der Waals surface area (Å²) in [6.07, 6.45) is 2.36. The molecule has 0 atom stereocenters. The number of aliphatic imine (C=N–C) groups is 1. The minimum absolute atomic E-state index is 0. The van der Waals surface area contributed by atoms with E-state index in [0.717, 1.165) is 29.0 Å². The molecule has 0 unspecified atom stereocenters. The van der Waals surface area contributed by atoms with Crippen molar-refractivity contribution in [3.05, 3.63) is 22.2 Å². The Hall–Kier alpha value is -0.700. The lowest BCUT2D eigenvalue weighted by Crippen LogP contribution is -2.42. The monoisotopic (exact) mass is 497 g/mol. The molecule has 0 aromatic heterocycles. The Morgan fingerprint density at radius 1 is 1.30 bits per heavy atom. The number of ether oxygens (including phenoxy) is 2. The van der Waals surface area contributed by atoms with Crippen molar-refractivity contribution in [2.45, 2.75) is 26.3 Å².